The van der Waals surface area contributed by atoms with Crippen molar-refractivity contribution in [1.29, 1.82) is 5.26 Å². The van der Waals surface area contributed by atoms with E-state index in [1.54, 1.807) is 24.4 Å². The van der Waals surface area contributed by atoms with E-state index in [9.17, 15) is 18.4 Å². The van der Waals surface area contributed by atoms with E-state index in [1.165, 1.54) is 32.1 Å². The van der Waals surface area contributed by atoms with Gasteiger partial charge in [0, 0.05) is 55.9 Å². The molecule has 0 radical (unpaired) electrons. The lowest BCUT2D eigenvalue weighted by molar-refractivity contribution is -0.182. The highest BCUT2D eigenvalue weighted by Gasteiger charge is 2.52. The number of nitriles is 1. The molecular weight excluding hydrogens is 401 g/mol. The summed E-state index contributed by atoms with van der Waals surface area (Å²) >= 11 is 0. The van der Waals surface area contributed by atoms with Crippen LogP contribution in [0.4, 0.5) is 18.9 Å². The molecule has 2 saturated heterocycles. The summed E-state index contributed by atoms with van der Waals surface area (Å²) in [5, 5.41) is 10.1. The normalized spacial score (nSPS) is 26.2. The lowest BCUT2D eigenvalue weighted by atomic mass is 9.68. The Labute approximate surface area is 180 Å². The van der Waals surface area contributed by atoms with Crippen molar-refractivity contribution in [3.63, 3.8) is 0 Å². The van der Waals surface area contributed by atoms with Crippen LogP contribution in [0.25, 0.3) is 10.9 Å². The molecule has 2 aliphatic heterocycles. The number of fused-ring (bicyclic) bond motifs is 1. The van der Waals surface area contributed by atoms with Crippen molar-refractivity contribution >= 4 is 16.6 Å². The lowest BCUT2D eigenvalue weighted by Gasteiger charge is -2.53. The van der Waals surface area contributed by atoms with Crippen LogP contribution < -0.4 is 4.90 Å². The summed E-state index contributed by atoms with van der Waals surface area (Å²) in [5.41, 5.74) is 2.11. The van der Waals surface area contributed by atoms with Crippen LogP contribution in [0.15, 0.2) is 30.5 Å². The highest BCUT2D eigenvalue weighted by Crippen LogP contribution is 2.46. The maximum Gasteiger partial charge on any atom is 0.393 e. The summed E-state index contributed by atoms with van der Waals surface area (Å²) in [7, 11) is 0. The van der Waals surface area contributed by atoms with Crippen LogP contribution in [-0.4, -0.2) is 48.8 Å². The fourth-order valence-electron chi connectivity index (χ4n) is 6.13. The Morgan fingerprint density at radius 1 is 1.10 bits per heavy atom. The molecule has 164 valence electrons. The van der Waals surface area contributed by atoms with Gasteiger partial charge in [-0.15, -0.1) is 0 Å². The van der Waals surface area contributed by atoms with Crippen LogP contribution in [0.5, 0.6) is 0 Å². The average molecular weight is 429 g/mol. The van der Waals surface area contributed by atoms with Gasteiger partial charge in [-0.25, -0.2) is 0 Å². The van der Waals surface area contributed by atoms with Crippen molar-refractivity contribution in [2.75, 3.05) is 37.6 Å². The number of nitrogens with zero attached hydrogens (tertiary/aromatic N) is 4. The number of pyridine rings is 1. The molecule has 2 aromatic rings. The zero-order chi connectivity index (χ0) is 21.6. The topological polar surface area (TPSA) is 43.2 Å². The number of benzene rings is 1. The molecule has 1 aromatic carbocycles. The summed E-state index contributed by atoms with van der Waals surface area (Å²) in [6, 6.07) is 9.19. The van der Waals surface area contributed by atoms with Gasteiger partial charge in [-0.05, 0) is 42.5 Å². The van der Waals surface area contributed by atoms with Crippen LogP contribution in [0.2, 0.25) is 0 Å². The van der Waals surface area contributed by atoms with E-state index in [0.29, 0.717) is 29.6 Å². The zero-order valence-corrected chi connectivity index (χ0v) is 17.5. The quantitative estimate of drug-likeness (QED) is 0.691. The number of hydrogen-bond acceptors (Lipinski definition) is 4. The van der Waals surface area contributed by atoms with Gasteiger partial charge in [0.1, 0.15) is 6.07 Å². The third-order valence-corrected chi connectivity index (χ3v) is 7.59. The fraction of sp³-hybridized carbons (Fsp3) is 0.583. The Morgan fingerprint density at radius 3 is 2.58 bits per heavy atom. The monoisotopic (exact) mass is 428 g/mol. The van der Waals surface area contributed by atoms with Gasteiger partial charge in [-0.3, -0.25) is 4.98 Å². The summed E-state index contributed by atoms with van der Waals surface area (Å²) in [5.74, 6) is -1.78. The molecule has 1 saturated carbocycles. The fourth-order valence-corrected chi connectivity index (χ4v) is 6.13. The van der Waals surface area contributed by atoms with Crippen molar-refractivity contribution < 1.29 is 13.2 Å². The van der Waals surface area contributed by atoms with E-state index < -0.39 is 18.0 Å². The van der Waals surface area contributed by atoms with Gasteiger partial charge in [0.25, 0.3) is 0 Å². The number of aromatic nitrogens is 1. The molecule has 3 fully saturated rings. The SMILES string of the molecule is N#Cc1ccc(N2C[C@H](CN3CC4(CCCCC4)C3)[C@@H](C(F)(F)F)C2)c2cccnc12. The van der Waals surface area contributed by atoms with Gasteiger partial charge < -0.3 is 9.80 Å². The second kappa shape index (κ2) is 7.67. The van der Waals surface area contributed by atoms with Crippen molar-refractivity contribution in [2.24, 2.45) is 17.3 Å². The van der Waals surface area contributed by atoms with E-state index in [-0.39, 0.29) is 6.54 Å². The summed E-state index contributed by atoms with van der Waals surface area (Å²) in [4.78, 5) is 8.41. The van der Waals surface area contributed by atoms with Crippen LogP contribution >= 0.6 is 0 Å². The first kappa shape index (κ1) is 20.6. The number of alkyl halides is 3. The van der Waals surface area contributed by atoms with E-state index in [2.05, 4.69) is 16.0 Å². The first-order valence-electron chi connectivity index (χ1n) is 11.2. The van der Waals surface area contributed by atoms with Gasteiger partial charge in [-0.1, -0.05) is 19.3 Å². The Bertz CT molecular complexity index is 998. The highest BCUT2D eigenvalue weighted by atomic mass is 19.4. The van der Waals surface area contributed by atoms with Crippen LogP contribution in [-0.2, 0) is 0 Å². The molecule has 1 spiro atoms. The number of anilines is 1. The van der Waals surface area contributed by atoms with E-state index in [4.69, 9.17) is 0 Å². The molecule has 31 heavy (non-hydrogen) atoms. The molecular formula is C24H27F3N4. The molecule has 3 heterocycles. The third kappa shape index (κ3) is 3.76. The van der Waals surface area contributed by atoms with Crippen LogP contribution in [0.1, 0.15) is 37.7 Å². The molecule has 1 aliphatic carbocycles. The molecule has 0 bridgehead atoms. The Kier molecular flexibility index (Phi) is 5.09. The van der Waals surface area contributed by atoms with Crippen molar-refractivity contribution in [1.82, 2.24) is 9.88 Å². The predicted octanol–water partition coefficient (Wildman–Crippen LogP) is 4.99. The van der Waals surface area contributed by atoms with Crippen molar-refractivity contribution in [2.45, 2.75) is 38.3 Å². The van der Waals surface area contributed by atoms with Crippen molar-refractivity contribution in [3.05, 3.63) is 36.0 Å². The van der Waals surface area contributed by atoms with Gasteiger partial charge in [0.2, 0.25) is 0 Å². The summed E-state index contributed by atoms with van der Waals surface area (Å²) in [6.45, 7) is 2.76. The largest absolute Gasteiger partial charge is 0.393 e. The maximum absolute atomic E-state index is 14.0. The van der Waals surface area contributed by atoms with Gasteiger partial charge in [0.15, 0.2) is 0 Å². The first-order valence-corrected chi connectivity index (χ1v) is 11.2. The number of likely N-dealkylation sites (tertiary alicyclic amines) is 1. The minimum Gasteiger partial charge on any atom is -0.370 e. The third-order valence-electron chi connectivity index (χ3n) is 7.59. The molecule has 1 aromatic heterocycles. The lowest BCUT2D eigenvalue weighted by Crippen LogP contribution is -2.58. The minimum absolute atomic E-state index is 0.0386. The second-order valence-electron chi connectivity index (χ2n) is 9.69. The summed E-state index contributed by atoms with van der Waals surface area (Å²) < 4.78 is 41.9. The van der Waals surface area contributed by atoms with Gasteiger partial charge >= 0.3 is 6.18 Å². The molecule has 5 rings (SSSR count). The van der Waals surface area contributed by atoms with E-state index in [0.717, 1.165) is 24.2 Å². The number of halogens is 3. The van der Waals surface area contributed by atoms with E-state index in [1.807, 2.05) is 11.0 Å². The molecule has 0 amide bonds. The molecule has 7 heteroatoms. The Balaban J connectivity index is 1.37. The predicted molar refractivity (Wildman–Crippen MR) is 114 cm³/mol. The molecule has 3 aliphatic rings. The van der Waals surface area contributed by atoms with Gasteiger partial charge in [0.05, 0.1) is 17.0 Å². The van der Waals surface area contributed by atoms with Crippen LogP contribution in [0, 0.1) is 28.6 Å². The molecule has 2 atom stereocenters. The molecule has 0 N–H and O–H groups in total. The molecule has 0 unspecified atom stereocenters. The maximum atomic E-state index is 14.0. The zero-order valence-electron chi connectivity index (χ0n) is 17.5. The van der Waals surface area contributed by atoms with Crippen molar-refractivity contribution in [3.8, 4) is 6.07 Å². The molecule has 4 nitrogen and oxygen atoms in total. The smallest absolute Gasteiger partial charge is 0.370 e. The number of hydrogen-bond donors (Lipinski definition) is 0. The second-order valence-corrected chi connectivity index (χ2v) is 9.69. The standard InChI is InChI=1S/C24H27F3N4/c25-24(26,27)20-14-31(21-7-6-17(11-28)22-19(21)5-4-10-29-22)13-18(20)12-30-15-23(16-30)8-2-1-3-9-23/h4-7,10,18,20H,1-3,8-9,12-16H2/t18-,20-/m0/s1. The Morgan fingerprint density at radius 2 is 1.87 bits per heavy atom. The average Bonchev–Trinajstić information content (AvgIpc) is 3.17. The Hall–Kier alpha value is -2.33. The van der Waals surface area contributed by atoms with Gasteiger partial charge in [-0.2, -0.15) is 18.4 Å². The minimum atomic E-state index is -4.21. The highest BCUT2D eigenvalue weighted by molar-refractivity contribution is 5.95. The summed E-state index contributed by atoms with van der Waals surface area (Å²) in [6.07, 6.45) is 3.67. The van der Waals surface area contributed by atoms with Crippen LogP contribution in [0.3, 0.4) is 0 Å². The van der Waals surface area contributed by atoms with E-state index >= 15 is 0 Å². The first-order chi connectivity index (χ1) is 14.9. The number of rotatable bonds is 3.